The van der Waals surface area contributed by atoms with E-state index in [1.54, 1.807) is 0 Å². The Morgan fingerprint density at radius 2 is 1.62 bits per heavy atom. The van der Waals surface area contributed by atoms with Crippen molar-refractivity contribution >= 4 is 5.82 Å². The van der Waals surface area contributed by atoms with Gasteiger partial charge in [0.25, 0.3) is 0 Å². The Balaban J connectivity index is 2.71. The molecule has 0 amide bonds. The molecule has 5 heteroatoms. The zero-order valence-electron chi connectivity index (χ0n) is 13.0. The molecule has 0 spiro atoms. The average Bonchev–Trinajstić information content (AvgIpc) is 2.65. The summed E-state index contributed by atoms with van der Waals surface area (Å²) in [6.07, 6.45) is 0. The highest BCUT2D eigenvalue weighted by Crippen LogP contribution is 2.34. The molecule has 1 aromatic heterocycles. The third-order valence-corrected chi connectivity index (χ3v) is 3.27. The third kappa shape index (κ3) is 2.91. The molecular formula is C16H21F2N3. The standard InChI is InChI=1S/C16H21F2N3/c1-9(2)21-14(19)13(20-15(21)16(3,4)5)10-6-11(17)8-12(18)7-10/h6-9H,19H2,1-5H3. The van der Waals surface area contributed by atoms with Gasteiger partial charge in [-0.15, -0.1) is 0 Å². The van der Waals surface area contributed by atoms with Gasteiger partial charge < -0.3 is 10.3 Å². The predicted molar refractivity (Wildman–Crippen MR) is 81.1 cm³/mol. The van der Waals surface area contributed by atoms with Crippen LogP contribution < -0.4 is 5.73 Å². The number of aromatic nitrogens is 2. The van der Waals surface area contributed by atoms with Gasteiger partial charge >= 0.3 is 0 Å². The van der Waals surface area contributed by atoms with E-state index in [1.165, 1.54) is 12.1 Å². The largest absolute Gasteiger partial charge is 0.383 e. The van der Waals surface area contributed by atoms with Gasteiger partial charge in [0.15, 0.2) is 0 Å². The Labute approximate surface area is 123 Å². The van der Waals surface area contributed by atoms with E-state index in [0.717, 1.165) is 11.9 Å². The minimum Gasteiger partial charge on any atom is -0.383 e. The van der Waals surface area contributed by atoms with Crippen molar-refractivity contribution < 1.29 is 8.78 Å². The topological polar surface area (TPSA) is 43.8 Å². The SMILES string of the molecule is CC(C)n1c(C(C)(C)C)nc(-c2cc(F)cc(F)c2)c1N. The summed E-state index contributed by atoms with van der Waals surface area (Å²) >= 11 is 0. The maximum atomic E-state index is 13.4. The van der Waals surface area contributed by atoms with Crippen LogP contribution in [-0.2, 0) is 5.41 Å². The number of nitrogen functional groups attached to an aromatic ring is 1. The summed E-state index contributed by atoms with van der Waals surface area (Å²) in [7, 11) is 0. The maximum Gasteiger partial charge on any atom is 0.131 e. The van der Waals surface area contributed by atoms with Gasteiger partial charge in [-0.2, -0.15) is 0 Å². The first-order chi connectivity index (χ1) is 9.61. The molecule has 0 aliphatic rings. The molecule has 0 bridgehead atoms. The maximum absolute atomic E-state index is 13.4. The molecule has 3 nitrogen and oxygen atoms in total. The van der Waals surface area contributed by atoms with Crippen molar-refractivity contribution in [2.75, 3.05) is 5.73 Å². The molecule has 0 unspecified atom stereocenters. The number of halogens is 2. The van der Waals surface area contributed by atoms with Crippen molar-refractivity contribution in [1.29, 1.82) is 0 Å². The second kappa shape index (κ2) is 5.13. The number of hydrogen-bond donors (Lipinski definition) is 1. The summed E-state index contributed by atoms with van der Waals surface area (Å²) in [4.78, 5) is 4.56. The molecule has 1 aromatic carbocycles. The highest BCUT2D eigenvalue weighted by Gasteiger charge is 2.27. The van der Waals surface area contributed by atoms with Gasteiger partial charge in [0.2, 0.25) is 0 Å². The second-order valence-electron chi connectivity index (χ2n) is 6.54. The lowest BCUT2D eigenvalue weighted by molar-refractivity contribution is 0.473. The van der Waals surface area contributed by atoms with Gasteiger partial charge in [-0.3, -0.25) is 0 Å². The minimum atomic E-state index is -0.638. The second-order valence-corrected chi connectivity index (χ2v) is 6.54. The van der Waals surface area contributed by atoms with E-state index < -0.39 is 11.6 Å². The zero-order chi connectivity index (χ0) is 15.9. The summed E-state index contributed by atoms with van der Waals surface area (Å²) in [6.45, 7) is 10.1. The smallest absolute Gasteiger partial charge is 0.131 e. The van der Waals surface area contributed by atoms with Crippen molar-refractivity contribution in [3.05, 3.63) is 35.7 Å². The Morgan fingerprint density at radius 1 is 1.10 bits per heavy atom. The van der Waals surface area contributed by atoms with Crippen molar-refractivity contribution in [2.45, 2.75) is 46.1 Å². The molecule has 0 radical (unpaired) electrons. The lowest BCUT2D eigenvalue weighted by atomic mass is 9.95. The average molecular weight is 293 g/mol. The highest BCUT2D eigenvalue weighted by atomic mass is 19.1. The Bertz CT molecular complexity index is 647. The molecular weight excluding hydrogens is 272 g/mol. The first-order valence-electron chi connectivity index (χ1n) is 6.96. The van der Waals surface area contributed by atoms with Crippen LogP contribution in [0.5, 0.6) is 0 Å². The van der Waals surface area contributed by atoms with E-state index in [9.17, 15) is 8.78 Å². The molecule has 2 N–H and O–H groups in total. The van der Waals surface area contributed by atoms with Gasteiger partial charge in [-0.05, 0) is 26.0 Å². The van der Waals surface area contributed by atoms with E-state index in [-0.39, 0.29) is 11.5 Å². The molecule has 0 saturated heterocycles. The fourth-order valence-electron chi connectivity index (χ4n) is 2.40. The van der Waals surface area contributed by atoms with Crippen LogP contribution >= 0.6 is 0 Å². The Hall–Kier alpha value is -1.91. The van der Waals surface area contributed by atoms with Crippen molar-refractivity contribution in [3.8, 4) is 11.3 Å². The normalized spacial score (nSPS) is 12.2. The van der Waals surface area contributed by atoms with E-state index >= 15 is 0 Å². The van der Waals surface area contributed by atoms with Gasteiger partial charge in [-0.25, -0.2) is 13.8 Å². The molecule has 0 atom stereocenters. The van der Waals surface area contributed by atoms with Gasteiger partial charge in [0.05, 0.1) is 0 Å². The lowest BCUT2D eigenvalue weighted by Crippen LogP contribution is -2.21. The Kier molecular flexibility index (Phi) is 3.78. The van der Waals surface area contributed by atoms with Crippen molar-refractivity contribution in [1.82, 2.24) is 9.55 Å². The van der Waals surface area contributed by atoms with E-state index in [2.05, 4.69) is 4.98 Å². The van der Waals surface area contributed by atoms with Gasteiger partial charge in [0.1, 0.15) is 29.0 Å². The number of hydrogen-bond acceptors (Lipinski definition) is 2. The molecule has 0 aliphatic carbocycles. The number of benzene rings is 1. The monoisotopic (exact) mass is 293 g/mol. The summed E-state index contributed by atoms with van der Waals surface area (Å²) in [6, 6.07) is 3.44. The fraction of sp³-hybridized carbons (Fsp3) is 0.438. The van der Waals surface area contributed by atoms with Crippen LogP contribution in [0.2, 0.25) is 0 Å². The third-order valence-electron chi connectivity index (χ3n) is 3.27. The quantitative estimate of drug-likeness (QED) is 0.897. The molecule has 0 saturated carbocycles. The highest BCUT2D eigenvalue weighted by molar-refractivity contribution is 5.71. The molecule has 1 heterocycles. The van der Waals surface area contributed by atoms with Gasteiger partial charge in [0, 0.05) is 23.1 Å². The number of nitrogens with zero attached hydrogens (tertiary/aromatic N) is 2. The van der Waals surface area contributed by atoms with Crippen LogP contribution in [0.4, 0.5) is 14.6 Å². The first kappa shape index (κ1) is 15.5. The number of rotatable bonds is 2. The lowest BCUT2D eigenvalue weighted by Gasteiger charge is -2.22. The van der Waals surface area contributed by atoms with Crippen LogP contribution in [0.15, 0.2) is 18.2 Å². The minimum absolute atomic E-state index is 0.110. The fourth-order valence-corrected chi connectivity index (χ4v) is 2.40. The van der Waals surface area contributed by atoms with E-state index in [4.69, 9.17) is 5.73 Å². The van der Waals surface area contributed by atoms with Crippen molar-refractivity contribution in [2.24, 2.45) is 0 Å². The van der Waals surface area contributed by atoms with Crippen LogP contribution in [0, 0.1) is 11.6 Å². The summed E-state index contributed by atoms with van der Waals surface area (Å²) in [5.74, 6) is -0.0452. The zero-order valence-corrected chi connectivity index (χ0v) is 13.0. The predicted octanol–water partition coefficient (Wildman–Crippen LogP) is 4.29. The first-order valence-corrected chi connectivity index (χ1v) is 6.96. The van der Waals surface area contributed by atoms with Crippen LogP contribution in [0.3, 0.4) is 0 Å². The van der Waals surface area contributed by atoms with E-state index in [1.807, 2.05) is 39.2 Å². The van der Waals surface area contributed by atoms with Crippen LogP contribution in [0.1, 0.15) is 46.5 Å². The molecule has 114 valence electrons. The summed E-state index contributed by atoms with van der Waals surface area (Å²) in [5.41, 5.74) is 6.75. The molecule has 2 rings (SSSR count). The van der Waals surface area contributed by atoms with Crippen LogP contribution in [0.25, 0.3) is 11.3 Å². The summed E-state index contributed by atoms with van der Waals surface area (Å²) in [5, 5.41) is 0. The number of anilines is 1. The van der Waals surface area contributed by atoms with Crippen molar-refractivity contribution in [3.63, 3.8) is 0 Å². The molecule has 0 fully saturated rings. The molecule has 0 aliphatic heterocycles. The van der Waals surface area contributed by atoms with E-state index in [0.29, 0.717) is 17.1 Å². The number of imidazole rings is 1. The van der Waals surface area contributed by atoms with Crippen LogP contribution in [-0.4, -0.2) is 9.55 Å². The Morgan fingerprint density at radius 3 is 2.00 bits per heavy atom. The number of nitrogens with two attached hydrogens (primary N) is 1. The summed E-state index contributed by atoms with van der Waals surface area (Å²) < 4.78 is 28.8. The molecule has 2 aromatic rings. The van der Waals surface area contributed by atoms with Gasteiger partial charge in [-0.1, -0.05) is 20.8 Å². The molecule has 21 heavy (non-hydrogen) atoms.